The Hall–Kier alpha value is -2.91. The number of aromatic nitrogens is 3. The first-order valence-electron chi connectivity index (χ1n) is 7.65. The molecular formula is C20H14ClN3. The van der Waals surface area contributed by atoms with E-state index in [1.165, 1.54) is 0 Å². The van der Waals surface area contributed by atoms with Crippen LogP contribution in [-0.4, -0.2) is 15.0 Å². The minimum Gasteiger partial charge on any atom is -0.212 e. The number of benzene rings is 3. The number of hydrogen-bond donors (Lipinski definition) is 0. The van der Waals surface area contributed by atoms with Crippen molar-refractivity contribution in [3.05, 3.63) is 90.0 Å². The fourth-order valence-corrected chi connectivity index (χ4v) is 2.90. The molecule has 0 aliphatic heterocycles. The molecule has 0 N–H and O–H groups in total. The van der Waals surface area contributed by atoms with Gasteiger partial charge in [0.2, 0.25) is 0 Å². The lowest BCUT2D eigenvalue weighted by Gasteiger charge is -2.09. The first-order chi connectivity index (χ1) is 11.8. The monoisotopic (exact) mass is 331 g/mol. The minimum atomic E-state index is 0.670. The largest absolute Gasteiger partial charge is 0.212 e. The van der Waals surface area contributed by atoms with Crippen LogP contribution < -0.4 is 0 Å². The van der Waals surface area contributed by atoms with E-state index in [2.05, 4.69) is 22.4 Å². The second kappa shape index (κ2) is 6.30. The number of rotatable bonds is 3. The number of hydrogen-bond acceptors (Lipinski definition) is 2. The van der Waals surface area contributed by atoms with Crippen LogP contribution in [0.1, 0.15) is 0 Å². The van der Waals surface area contributed by atoms with Gasteiger partial charge in [0.1, 0.15) is 11.4 Å². The van der Waals surface area contributed by atoms with Crippen LogP contribution in [0.5, 0.6) is 0 Å². The molecule has 0 aliphatic carbocycles. The van der Waals surface area contributed by atoms with Gasteiger partial charge in [0.25, 0.3) is 0 Å². The Morgan fingerprint density at radius 1 is 0.708 bits per heavy atom. The van der Waals surface area contributed by atoms with Crippen LogP contribution in [0.2, 0.25) is 5.02 Å². The van der Waals surface area contributed by atoms with Gasteiger partial charge in [-0.15, -0.1) is 5.10 Å². The van der Waals surface area contributed by atoms with Gasteiger partial charge in [-0.1, -0.05) is 83.5 Å². The molecule has 3 nitrogen and oxygen atoms in total. The van der Waals surface area contributed by atoms with Crippen LogP contribution in [0, 0.1) is 0 Å². The van der Waals surface area contributed by atoms with Crippen molar-refractivity contribution in [2.75, 3.05) is 0 Å². The Morgan fingerprint density at radius 2 is 1.38 bits per heavy atom. The fourth-order valence-electron chi connectivity index (χ4n) is 2.72. The topological polar surface area (TPSA) is 30.7 Å². The van der Waals surface area contributed by atoms with E-state index in [-0.39, 0.29) is 0 Å². The molecule has 0 saturated carbocycles. The van der Waals surface area contributed by atoms with Crippen molar-refractivity contribution in [2.45, 2.75) is 0 Å². The van der Waals surface area contributed by atoms with Crippen molar-refractivity contribution in [2.24, 2.45) is 0 Å². The van der Waals surface area contributed by atoms with Crippen molar-refractivity contribution in [1.29, 1.82) is 0 Å². The Morgan fingerprint density at radius 3 is 2.04 bits per heavy atom. The molecule has 1 heterocycles. The Balaban J connectivity index is 1.97. The van der Waals surface area contributed by atoms with E-state index in [9.17, 15) is 0 Å². The third-order valence-corrected chi connectivity index (χ3v) is 4.05. The van der Waals surface area contributed by atoms with Gasteiger partial charge in [0, 0.05) is 16.1 Å². The highest BCUT2D eigenvalue weighted by molar-refractivity contribution is 6.30. The van der Waals surface area contributed by atoms with E-state index in [4.69, 9.17) is 11.6 Å². The van der Waals surface area contributed by atoms with Gasteiger partial charge in [0.05, 0.1) is 5.69 Å². The summed E-state index contributed by atoms with van der Waals surface area (Å²) in [6, 6.07) is 27.9. The highest BCUT2D eigenvalue weighted by Crippen LogP contribution is 2.32. The quantitative estimate of drug-likeness (QED) is 0.513. The third-order valence-electron chi connectivity index (χ3n) is 3.82. The van der Waals surface area contributed by atoms with E-state index in [0.29, 0.717) is 5.02 Å². The molecule has 0 amide bonds. The highest BCUT2D eigenvalue weighted by Gasteiger charge is 2.17. The molecule has 3 aromatic carbocycles. The SMILES string of the molecule is Clc1cccc(-n2nnc(-c3ccccc3)c2-c2ccccc2)c1. The van der Waals surface area contributed by atoms with Crippen LogP contribution in [0.3, 0.4) is 0 Å². The maximum Gasteiger partial charge on any atom is 0.121 e. The normalized spacial score (nSPS) is 10.7. The van der Waals surface area contributed by atoms with E-state index in [0.717, 1.165) is 28.2 Å². The minimum absolute atomic E-state index is 0.670. The summed E-state index contributed by atoms with van der Waals surface area (Å²) in [6.07, 6.45) is 0. The van der Waals surface area contributed by atoms with Crippen LogP contribution in [0.25, 0.3) is 28.2 Å². The standard InChI is InChI=1S/C20H14ClN3/c21-17-12-7-13-18(14-17)24-20(16-10-5-2-6-11-16)19(22-23-24)15-8-3-1-4-9-15/h1-14H. The molecule has 0 spiro atoms. The van der Waals surface area contributed by atoms with Crippen LogP contribution in [0.4, 0.5) is 0 Å². The maximum atomic E-state index is 6.16. The summed E-state index contributed by atoms with van der Waals surface area (Å²) >= 11 is 6.16. The van der Waals surface area contributed by atoms with Gasteiger partial charge in [-0.05, 0) is 18.2 Å². The summed E-state index contributed by atoms with van der Waals surface area (Å²) in [7, 11) is 0. The molecule has 116 valence electrons. The highest BCUT2D eigenvalue weighted by atomic mass is 35.5. The summed E-state index contributed by atoms with van der Waals surface area (Å²) in [5.41, 5.74) is 4.77. The average Bonchev–Trinajstić information content (AvgIpc) is 3.08. The van der Waals surface area contributed by atoms with Gasteiger partial charge in [-0.3, -0.25) is 0 Å². The zero-order valence-corrected chi connectivity index (χ0v) is 13.6. The van der Waals surface area contributed by atoms with E-state index >= 15 is 0 Å². The first-order valence-corrected chi connectivity index (χ1v) is 8.03. The van der Waals surface area contributed by atoms with Gasteiger partial charge in [0.15, 0.2) is 0 Å². The fraction of sp³-hybridized carbons (Fsp3) is 0. The van der Waals surface area contributed by atoms with Crippen molar-refractivity contribution < 1.29 is 0 Å². The van der Waals surface area contributed by atoms with Crippen LogP contribution in [-0.2, 0) is 0 Å². The lowest BCUT2D eigenvalue weighted by atomic mass is 10.0. The molecule has 4 rings (SSSR count). The average molecular weight is 332 g/mol. The smallest absolute Gasteiger partial charge is 0.121 e. The first kappa shape index (κ1) is 14.7. The molecule has 4 heteroatoms. The lowest BCUT2D eigenvalue weighted by Crippen LogP contribution is -1.99. The van der Waals surface area contributed by atoms with Crippen LogP contribution >= 0.6 is 11.6 Å². The van der Waals surface area contributed by atoms with Gasteiger partial charge >= 0.3 is 0 Å². The number of halogens is 1. The Kier molecular flexibility index (Phi) is 3.85. The number of nitrogens with zero attached hydrogens (tertiary/aromatic N) is 3. The molecule has 0 radical (unpaired) electrons. The van der Waals surface area contributed by atoms with Crippen molar-refractivity contribution in [3.63, 3.8) is 0 Å². The predicted molar refractivity (Wildman–Crippen MR) is 97.2 cm³/mol. The van der Waals surface area contributed by atoms with Crippen molar-refractivity contribution in [1.82, 2.24) is 15.0 Å². The lowest BCUT2D eigenvalue weighted by molar-refractivity contribution is 0.808. The van der Waals surface area contributed by atoms with Gasteiger partial charge in [-0.25, -0.2) is 4.68 Å². The summed E-state index contributed by atoms with van der Waals surface area (Å²) in [4.78, 5) is 0. The summed E-state index contributed by atoms with van der Waals surface area (Å²) in [5.74, 6) is 0. The molecule has 24 heavy (non-hydrogen) atoms. The zero-order chi connectivity index (χ0) is 16.4. The molecular weight excluding hydrogens is 318 g/mol. The second-order valence-corrected chi connectivity index (χ2v) is 5.85. The maximum absolute atomic E-state index is 6.16. The van der Waals surface area contributed by atoms with Gasteiger partial charge < -0.3 is 0 Å². The summed E-state index contributed by atoms with van der Waals surface area (Å²) in [5, 5.41) is 9.50. The van der Waals surface area contributed by atoms with E-state index < -0.39 is 0 Å². The van der Waals surface area contributed by atoms with E-state index in [1.807, 2.05) is 77.5 Å². The van der Waals surface area contributed by atoms with E-state index in [1.54, 1.807) is 0 Å². The summed E-state index contributed by atoms with van der Waals surface area (Å²) < 4.78 is 1.84. The molecule has 0 saturated heterocycles. The Bertz CT molecular complexity index is 963. The van der Waals surface area contributed by atoms with Crippen molar-refractivity contribution in [3.8, 4) is 28.2 Å². The van der Waals surface area contributed by atoms with Crippen LogP contribution in [0.15, 0.2) is 84.9 Å². The molecule has 4 aromatic rings. The summed E-state index contributed by atoms with van der Waals surface area (Å²) in [6.45, 7) is 0. The molecule has 0 unspecified atom stereocenters. The van der Waals surface area contributed by atoms with Crippen molar-refractivity contribution >= 4 is 11.6 Å². The Labute approximate surface area is 145 Å². The molecule has 0 bridgehead atoms. The predicted octanol–water partition coefficient (Wildman–Crippen LogP) is 5.25. The molecule has 1 aromatic heterocycles. The molecule has 0 atom stereocenters. The zero-order valence-electron chi connectivity index (χ0n) is 12.8. The molecule has 0 aliphatic rings. The molecule has 0 fully saturated rings. The second-order valence-electron chi connectivity index (χ2n) is 5.41. The van der Waals surface area contributed by atoms with Gasteiger partial charge in [-0.2, -0.15) is 0 Å². The third kappa shape index (κ3) is 2.70.